The Morgan fingerprint density at radius 3 is 2.31 bits per heavy atom. The van der Waals surface area contributed by atoms with Crippen molar-refractivity contribution in [3.05, 3.63) is 12.2 Å². The first-order valence-corrected chi connectivity index (χ1v) is 5.04. The summed E-state index contributed by atoms with van der Waals surface area (Å²) in [6.07, 6.45) is 7.30. The molecule has 0 aromatic rings. The zero-order valence-corrected chi connectivity index (χ0v) is 8.58. The minimum absolute atomic E-state index is 0.116. The van der Waals surface area contributed by atoms with Gasteiger partial charge in [0.1, 0.15) is 0 Å². The molecule has 0 fully saturated rings. The molecule has 0 heterocycles. The third-order valence-corrected chi connectivity index (χ3v) is 2.05. The van der Waals surface area contributed by atoms with E-state index in [0.717, 1.165) is 25.8 Å². The van der Waals surface area contributed by atoms with Crippen LogP contribution in [0.25, 0.3) is 0 Å². The lowest BCUT2D eigenvalue weighted by Crippen LogP contribution is -2.21. The van der Waals surface area contributed by atoms with Crippen molar-refractivity contribution in [3.8, 4) is 0 Å². The second kappa shape index (κ2) is 8.23. The van der Waals surface area contributed by atoms with Crippen LogP contribution in [0.5, 0.6) is 0 Å². The van der Waals surface area contributed by atoms with Crippen LogP contribution < -0.4 is 17.2 Å². The molecule has 0 saturated heterocycles. The lowest BCUT2D eigenvalue weighted by Gasteiger charge is -2.07. The highest BCUT2D eigenvalue weighted by Gasteiger charge is 1.98. The van der Waals surface area contributed by atoms with Crippen LogP contribution in [0.3, 0.4) is 0 Å². The van der Waals surface area contributed by atoms with Crippen LogP contribution in [0, 0.1) is 5.92 Å². The molecule has 0 saturated carbocycles. The van der Waals surface area contributed by atoms with Crippen molar-refractivity contribution in [2.45, 2.75) is 32.2 Å². The molecule has 3 nitrogen and oxygen atoms in total. The van der Waals surface area contributed by atoms with Gasteiger partial charge in [-0.05, 0) is 38.3 Å². The number of nitrogens with two attached hydrogens (primary N) is 3. The van der Waals surface area contributed by atoms with Gasteiger partial charge in [-0.1, -0.05) is 19.1 Å². The fourth-order valence-electron chi connectivity index (χ4n) is 1.16. The summed E-state index contributed by atoms with van der Waals surface area (Å²) in [5, 5.41) is 0. The first kappa shape index (κ1) is 12.6. The highest BCUT2D eigenvalue weighted by Crippen LogP contribution is 2.06. The van der Waals surface area contributed by atoms with Crippen molar-refractivity contribution in [1.29, 1.82) is 0 Å². The molecule has 0 aliphatic carbocycles. The van der Waals surface area contributed by atoms with E-state index < -0.39 is 0 Å². The van der Waals surface area contributed by atoms with Crippen LogP contribution in [0.1, 0.15) is 26.2 Å². The fraction of sp³-hybridized carbons (Fsp3) is 0.800. The summed E-state index contributed by atoms with van der Waals surface area (Å²) in [6.45, 7) is 3.61. The maximum atomic E-state index is 5.77. The van der Waals surface area contributed by atoms with Crippen molar-refractivity contribution < 1.29 is 0 Å². The molecule has 78 valence electrons. The quantitative estimate of drug-likeness (QED) is 0.508. The summed E-state index contributed by atoms with van der Waals surface area (Å²) in [5.41, 5.74) is 16.6. The van der Waals surface area contributed by atoms with Crippen molar-refractivity contribution >= 4 is 0 Å². The molecule has 0 aromatic carbocycles. The van der Waals surface area contributed by atoms with E-state index in [1.54, 1.807) is 0 Å². The Kier molecular flexibility index (Phi) is 7.99. The second-order valence-corrected chi connectivity index (χ2v) is 3.53. The molecule has 0 bridgehead atoms. The highest BCUT2D eigenvalue weighted by molar-refractivity contribution is 4.94. The monoisotopic (exact) mass is 185 g/mol. The first-order chi connectivity index (χ1) is 6.20. The molecule has 0 aliphatic rings. The molecule has 0 aliphatic heterocycles. The largest absolute Gasteiger partial charge is 0.330 e. The van der Waals surface area contributed by atoms with Crippen LogP contribution >= 0.6 is 0 Å². The molecule has 0 amide bonds. The molecule has 2 unspecified atom stereocenters. The summed E-state index contributed by atoms with van der Waals surface area (Å²) < 4.78 is 0. The third-order valence-electron chi connectivity index (χ3n) is 2.05. The van der Waals surface area contributed by atoms with Gasteiger partial charge < -0.3 is 17.2 Å². The van der Waals surface area contributed by atoms with Gasteiger partial charge in [0.2, 0.25) is 0 Å². The predicted molar refractivity (Wildman–Crippen MR) is 58.2 cm³/mol. The van der Waals surface area contributed by atoms with E-state index in [-0.39, 0.29) is 6.04 Å². The van der Waals surface area contributed by atoms with E-state index in [4.69, 9.17) is 17.2 Å². The molecule has 2 atom stereocenters. The van der Waals surface area contributed by atoms with Crippen molar-refractivity contribution in [1.82, 2.24) is 0 Å². The van der Waals surface area contributed by atoms with E-state index in [0.29, 0.717) is 12.5 Å². The maximum Gasteiger partial charge on any atom is 0.0235 e. The number of allylic oxidation sites excluding steroid dienone is 1. The number of hydrogen-bond donors (Lipinski definition) is 3. The smallest absolute Gasteiger partial charge is 0.0235 e. The molecular formula is C10H23N3. The van der Waals surface area contributed by atoms with Crippen LogP contribution in [0.2, 0.25) is 0 Å². The third kappa shape index (κ3) is 7.96. The topological polar surface area (TPSA) is 78.1 Å². The molecule has 13 heavy (non-hydrogen) atoms. The molecule has 0 aromatic heterocycles. The Morgan fingerprint density at radius 2 is 1.77 bits per heavy atom. The van der Waals surface area contributed by atoms with Gasteiger partial charge in [0.15, 0.2) is 0 Å². The molecular weight excluding hydrogens is 162 g/mol. The van der Waals surface area contributed by atoms with Gasteiger partial charge >= 0.3 is 0 Å². The zero-order chi connectivity index (χ0) is 10.1. The SMILES string of the molecule is CC(C=CC(N)CCN)CCCN. The number of rotatable bonds is 7. The second-order valence-electron chi connectivity index (χ2n) is 3.53. The molecule has 0 rings (SSSR count). The minimum Gasteiger partial charge on any atom is -0.330 e. The van der Waals surface area contributed by atoms with Gasteiger partial charge in [-0.3, -0.25) is 0 Å². The standard InChI is InChI=1S/C10H23N3/c1-9(3-2-7-11)4-5-10(13)6-8-12/h4-5,9-10H,2-3,6-8,11-13H2,1H3. The number of hydrogen-bond acceptors (Lipinski definition) is 3. The summed E-state index contributed by atoms with van der Waals surface area (Å²) in [4.78, 5) is 0. The van der Waals surface area contributed by atoms with Crippen LogP contribution in [-0.4, -0.2) is 19.1 Å². The van der Waals surface area contributed by atoms with Gasteiger partial charge in [-0.25, -0.2) is 0 Å². The molecule has 0 spiro atoms. The summed E-state index contributed by atoms with van der Waals surface area (Å²) in [5.74, 6) is 0.576. The van der Waals surface area contributed by atoms with Crippen LogP contribution in [-0.2, 0) is 0 Å². The minimum atomic E-state index is 0.116. The Hall–Kier alpha value is -0.380. The van der Waals surface area contributed by atoms with E-state index >= 15 is 0 Å². The fourth-order valence-corrected chi connectivity index (χ4v) is 1.16. The Balaban J connectivity index is 3.56. The normalized spacial score (nSPS) is 16.3. The first-order valence-electron chi connectivity index (χ1n) is 5.04. The Bertz CT molecular complexity index is 134. The summed E-state index contributed by atoms with van der Waals surface area (Å²) in [7, 11) is 0. The summed E-state index contributed by atoms with van der Waals surface area (Å²) in [6, 6.07) is 0.116. The van der Waals surface area contributed by atoms with E-state index in [1.807, 2.05) is 6.08 Å². The van der Waals surface area contributed by atoms with Gasteiger partial charge in [-0.2, -0.15) is 0 Å². The highest BCUT2D eigenvalue weighted by atomic mass is 14.6. The molecule has 0 radical (unpaired) electrons. The van der Waals surface area contributed by atoms with E-state index in [9.17, 15) is 0 Å². The lowest BCUT2D eigenvalue weighted by atomic mass is 10.0. The summed E-state index contributed by atoms with van der Waals surface area (Å²) >= 11 is 0. The predicted octanol–water partition coefficient (Wildman–Crippen LogP) is 0.594. The van der Waals surface area contributed by atoms with Gasteiger partial charge in [0.25, 0.3) is 0 Å². The van der Waals surface area contributed by atoms with E-state index in [1.165, 1.54) is 0 Å². The average molecular weight is 185 g/mol. The Labute approximate surface area is 81.4 Å². The Morgan fingerprint density at radius 1 is 1.08 bits per heavy atom. The van der Waals surface area contributed by atoms with Gasteiger partial charge in [-0.15, -0.1) is 0 Å². The maximum absolute atomic E-state index is 5.77. The van der Waals surface area contributed by atoms with Crippen molar-refractivity contribution in [3.63, 3.8) is 0 Å². The van der Waals surface area contributed by atoms with Crippen molar-refractivity contribution in [2.24, 2.45) is 23.1 Å². The zero-order valence-electron chi connectivity index (χ0n) is 8.58. The molecule has 6 N–H and O–H groups in total. The average Bonchev–Trinajstić information content (AvgIpc) is 2.12. The lowest BCUT2D eigenvalue weighted by molar-refractivity contribution is 0.607. The van der Waals surface area contributed by atoms with Crippen LogP contribution in [0.4, 0.5) is 0 Å². The van der Waals surface area contributed by atoms with E-state index in [2.05, 4.69) is 13.0 Å². The van der Waals surface area contributed by atoms with Crippen molar-refractivity contribution in [2.75, 3.05) is 13.1 Å². The molecule has 3 heteroatoms. The van der Waals surface area contributed by atoms with Gasteiger partial charge in [0.05, 0.1) is 0 Å². The van der Waals surface area contributed by atoms with Gasteiger partial charge in [0, 0.05) is 6.04 Å². The van der Waals surface area contributed by atoms with Crippen LogP contribution in [0.15, 0.2) is 12.2 Å².